The summed E-state index contributed by atoms with van der Waals surface area (Å²) in [6.45, 7) is 6.45. The largest absolute Gasteiger partial charge is 0.496 e. The first-order chi connectivity index (χ1) is 9.60. The van der Waals surface area contributed by atoms with Crippen molar-refractivity contribution in [3.63, 3.8) is 0 Å². The van der Waals surface area contributed by atoms with Crippen LogP contribution in [-0.4, -0.2) is 36.7 Å². The third kappa shape index (κ3) is 3.15. The lowest BCUT2D eigenvalue weighted by Gasteiger charge is -2.47. The molecule has 1 heterocycles. The van der Waals surface area contributed by atoms with Crippen molar-refractivity contribution >= 4 is 0 Å². The third-order valence-electron chi connectivity index (χ3n) is 4.70. The Morgan fingerprint density at radius 1 is 1.35 bits per heavy atom. The number of piperidine rings is 1. The standard InChI is InChI=1S/C17H28N2O/c1-14-8-6-7-11-19(14)17(2,13-18)12-15-9-4-5-10-16(15)20-3/h4-5,9-10,14H,6-8,11-13,18H2,1-3H3. The lowest BCUT2D eigenvalue weighted by atomic mass is 9.86. The lowest BCUT2D eigenvalue weighted by molar-refractivity contribution is 0.0414. The van der Waals surface area contributed by atoms with E-state index < -0.39 is 0 Å². The minimum absolute atomic E-state index is 0.00840. The van der Waals surface area contributed by atoms with Crippen LogP contribution in [0.2, 0.25) is 0 Å². The van der Waals surface area contributed by atoms with Gasteiger partial charge >= 0.3 is 0 Å². The molecular formula is C17H28N2O. The molecule has 2 N–H and O–H groups in total. The fraction of sp³-hybridized carbons (Fsp3) is 0.647. The predicted octanol–water partition coefficient (Wildman–Crippen LogP) is 2.83. The van der Waals surface area contributed by atoms with E-state index in [1.165, 1.54) is 24.8 Å². The van der Waals surface area contributed by atoms with Gasteiger partial charge in [0.25, 0.3) is 0 Å². The fourth-order valence-electron chi connectivity index (χ4n) is 3.45. The van der Waals surface area contributed by atoms with Gasteiger partial charge in [0.2, 0.25) is 0 Å². The van der Waals surface area contributed by atoms with Crippen molar-refractivity contribution in [1.29, 1.82) is 0 Å². The molecule has 1 aromatic rings. The van der Waals surface area contributed by atoms with Crippen LogP contribution >= 0.6 is 0 Å². The molecule has 0 radical (unpaired) electrons. The molecule has 3 heteroatoms. The molecule has 1 saturated heterocycles. The van der Waals surface area contributed by atoms with E-state index in [4.69, 9.17) is 10.5 Å². The number of hydrogen-bond acceptors (Lipinski definition) is 3. The topological polar surface area (TPSA) is 38.5 Å². The van der Waals surface area contributed by atoms with Crippen LogP contribution in [0.5, 0.6) is 5.75 Å². The Kier molecular flexibility index (Phi) is 5.06. The summed E-state index contributed by atoms with van der Waals surface area (Å²) in [7, 11) is 1.74. The number of rotatable bonds is 5. The van der Waals surface area contributed by atoms with E-state index >= 15 is 0 Å². The van der Waals surface area contributed by atoms with Crippen molar-refractivity contribution in [2.75, 3.05) is 20.2 Å². The maximum absolute atomic E-state index is 6.16. The van der Waals surface area contributed by atoms with Crippen molar-refractivity contribution in [3.8, 4) is 5.75 Å². The normalized spacial score (nSPS) is 23.3. The van der Waals surface area contributed by atoms with Crippen molar-refractivity contribution in [3.05, 3.63) is 29.8 Å². The Hall–Kier alpha value is -1.06. The second-order valence-corrected chi connectivity index (χ2v) is 6.23. The van der Waals surface area contributed by atoms with Gasteiger partial charge < -0.3 is 10.5 Å². The van der Waals surface area contributed by atoms with E-state index in [1.54, 1.807) is 7.11 Å². The van der Waals surface area contributed by atoms with E-state index in [1.807, 2.05) is 12.1 Å². The quantitative estimate of drug-likeness (QED) is 0.898. The molecule has 2 unspecified atom stereocenters. The van der Waals surface area contributed by atoms with Crippen LogP contribution in [0.15, 0.2) is 24.3 Å². The monoisotopic (exact) mass is 276 g/mol. The van der Waals surface area contributed by atoms with E-state index in [0.717, 1.165) is 18.7 Å². The molecule has 20 heavy (non-hydrogen) atoms. The molecular weight excluding hydrogens is 248 g/mol. The highest BCUT2D eigenvalue weighted by molar-refractivity contribution is 5.34. The number of hydrogen-bond donors (Lipinski definition) is 1. The Labute approximate surface area is 123 Å². The van der Waals surface area contributed by atoms with Crippen molar-refractivity contribution < 1.29 is 4.74 Å². The van der Waals surface area contributed by atoms with Gasteiger partial charge in [0.05, 0.1) is 7.11 Å². The van der Waals surface area contributed by atoms with Gasteiger partial charge in [-0.15, -0.1) is 0 Å². The van der Waals surface area contributed by atoms with Gasteiger partial charge in [0.1, 0.15) is 5.75 Å². The van der Waals surface area contributed by atoms with E-state index in [0.29, 0.717) is 12.6 Å². The van der Waals surface area contributed by atoms with Gasteiger partial charge in [-0.2, -0.15) is 0 Å². The van der Waals surface area contributed by atoms with Crippen molar-refractivity contribution in [2.24, 2.45) is 5.73 Å². The highest BCUT2D eigenvalue weighted by Crippen LogP contribution is 2.30. The summed E-state index contributed by atoms with van der Waals surface area (Å²) in [6, 6.07) is 8.90. The first-order valence-corrected chi connectivity index (χ1v) is 7.69. The maximum Gasteiger partial charge on any atom is 0.122 e. The van der Waals surface area contributed by atoms with E-state index in [2.05, 4.69) is 30.9 Å². The third-order valence-corrected chi connectivity index (χ3v) is 4.70. The molecule has 3 nitrogen and oxygen atoms in total. The number of ether oxygens (including phenoxy) is 1. The minimum atomic E-state index is 0.00840. The number of nitrogens with zero attached hydrogens (tertiary/aromatic N) is 1. The van der Waals surface area contributed by atoms with Gasteiger partial charge in [-0.3, -0.25) is 4.90 Å². The first kappa shape index (κ1) is 15.3. The highest BCUT2D eigenvalue weighted by atomic mass is 16.5. The summed E-state index contributed by atoms with van der Waals surface area (Å²) in [5.74, 6) is 0.969. The molecule has 1 aromatic carbocycles. The summed E-state index contributed by atoms with van der Waals surface area (Å²) in [5.41, 5.74) is 7.42. The molecule has 112 valence electrons. The Morgan fingerprint density at radius 2 is 2.10 bits per heavy atom. The Morgan fingerprint density at radius 3 is 2.75 bits per heavy atom. The zero-order chi connectivity index (χ0) is 14.6. The summed E-state index contributed by atoms with van der Waals surface area (Å²) in [5, 5.41) is 0. The lowest BCUT2D eigenvalue weighted by Crippen LogP contribution is -2.58. The second-order valence-electron chi connectivity index (χ2n) is 6.23. The van der Waals surface area contributed by atoms with Crippen LogP contribution in [-0.2, 0) is 6.42 Å². The van der Waals surface area contributed by atoms with Gasteiger partial charge in [-0.1, -0.05) is 24.6 Å². The zero-order valence-electron chi connectivity index (χ0n) is 13.1. The second kappa shape index (κ2) is 6.59. The zero-order valence-corrected chi connectivity index (χ0v) is 13.1. The van der Waals surface area contributed by atoms with Gasteiger partial charge in [-0.05, 0) is 51.3 Å². The molecule has 0 aromatic heterocycles. The van der Waals surface area contributed by atoms with Crippen LogP contribution in [0.25, 0.3) is 0 Å². The molecule has 1 aliphatic rings. The SMILES string of the molecule is COc1ccccc1CC(C)(CN)N1CCCCC1C. The number of likely N-dealkylation sites (tertiary alicyclic amines) is 1. The summed E-state index contributed by atoms with van der Waals surface area (Å²) < 4.78 is 5.49. The Balaban J connectivity index is 2.22. The predicted molar refractivity (Wildman–Crippen MR) is 84.2 cm³/mol. The molecule has 1 aliphatic heterocycles. The maximum atomic E-state index is 6.16. The molecule has 2 rings (SSSR count). The van der Waals surface area contributed by atoms with Crippen LogP contribution < -0.4 is 10.5 Å². The number of para-hydroxylation sites is 1. The molecule has 0 aliphatic carbocycles. The summed E-state index contributed by atoms with van der Waals surface area (Å²) >= 11 is 0. The first-order valence-electron chi connectivity index (χ1n) is 7.69. The van der Waals surface area contributed by atoms with Crippen LogP contribution in [0.3, 0.4) is 0 Å². The molecule has 0 amide bonds. The van der Waals surface area contributed by atoms with E-state index in [9.17, 15) is 0 Å². The van der Waals surface area contributed by atoms with Gasteiger partial charge in [0.15, 0.2) is 0 Å². The molecule has 2 atom stereocenters. The van der Waals surface area contributed by atoms with Crippen LogP contribution in [0.4, 0.5) is 0 Å². The smallest absolute Gasteiger partial charge is 0.122 e. The van der Waals surface area contributed by atoms with Crippen molar-refractivity contribution in [2.45, 2.75) is 51.1 Å². The molecule has 1 fully saturated rings. The van der Waals surface area contributed by atoms with E-state index in [-0.39, 0.29) is 5.54 Å². The van der Waals surface area contributed by atoms with Crippen LogP contribution in [0.1, 0.15) is 38.7 Å². The average Bonchev–Trinajstić information content (AvgIpc) is 2.48. The van der Waals surface area contributed by atoms with Crippen molar-refractivity contribution in [1.82, 2.24) is 4.90 Å². The van der Waals surface area contributed by atoms with Crippen LogP contribution in [0, 0.1) is 0 Å². The molecule has 0 saturated carbocycles. The summed E-state index contributed by atoms with van der Waals surface area (Å²) in [6.07, 6.45) is 4.85. The average molecular weight is 276 g/mol. The number of methoxy groups -OCH3 is 1. The number of nitrogens with two attached hydrogens (primary N) is 1. The Bertz CT molecular complexity index is 435. The molecule has 0 bridgehead atoms. The van der Waals surface area contributed by atoms with Gasteiger partial charge in [-0.25, -0.2) is 0 Å². The minimum Gasteiger partial charge on any atom is -0.496 e. The summed E-state index contributed by atoms with van der Waals surface area (Å²) in [4.78, 5) is 2.60. The van der Waals surface area contributed by atoms with Gasteiger partial charge in [0, 0.05) is 18.1 Å². The molecule has 0 spiro atoms. The fourth-order valence-corrected chi connectivity index (χ4v) is 3.45. The number of benzene rings is 1. The highest BCUT2D eigenvalue weighted by Gasteiger charge is 2.35.